The van der Waals surface area contributed by atoms with Crippen LogP contribution >= 0.6 is 0 Å². The van der Waals surface area contributed by atoms with Crippen molar-refractivity contribution in [2.24, 2.45) is 5.73 Å². The van der Waals surface area contributed by atoms with Gasteiger partial charge in [-0.2, -0.15) is 5.10 Å². The average molecular weight is 182 g/mol. The lowest BCUT2D eigenvalue weighted by Crippen LogP contribution is -2.18. The van der Waals surface area contributed by atoms with E-state index in [4.69, 9.17) is 5.73 Å². The van der Waals surface area contributed by atoms with Crippen LogP contribution in [-0.4, -0.2) is 21.2 Å². The van der Waals surface area contributed by atoms with Gasteiger partial charge in [-0.15, -0.1) is 0 Å². The van der Waals surface area contributed by atoms with Gasteiger partial charge in [-0.3, -0.25) is 5.10 Å². The Kier molecular flexibility index (Phi) is 3.42. The van der Waals surface area contributed by atoms with Crippen LogP contribution in [0.4, 0.5) is 0 Å². The van der Waals surface area contributed by atoms with E-state index in [0.717, 1.165) is 24.5 Å². The van der Waals surface area contributed by atoms with E-state index in [9.17, 15) is 0 Å². The van der Waals surface area contributed by atoms with Gasteiger partial charge in [0.2, 0.25) is 0 Å². The second-order valence-corrected chi connectivity index (χ2v) is 3.63. The smallest absolute Gasteiger partial charge is 0.153 e. The average Bonchev–Trinajstić information content (AvgIpc) is 2.50. The molecule has 0 aliphatic heterocycles. The summed E-state index contributed by atoms with van der Waals surface area (Å²) in [5.74, 6) is 2.22. The Bertz CT molecular complexity index is 254. The molecule has 1 aromatic heterocycles. The first-order valence-corrected chi connectivity index (χ1v) is 4.80. The van der Waals surface area contributed by atoms with Crippen LogP contribution in [-0.2, 0) is 6.42 Å². The fourth-order valence-corrected chi connectivity index (χ4v) is 1.11. The van der Waals surface area contributed by atoms with Crippen molar-refractivity contribution in [3.05, 3.63) is 11.6 Å². The van der Waals surface area contributed by atoms with Gasteiger partial charge in [-0.1, -0.05) is 13.8 Å². The van der Waals surface area contributed by atoms with Crippen molar-refractivity contribution in [3.8, 4) is 0 Å². The van der Waals surface area contributed by atoms with Crippen LogP contribution < -0.4 is 5.73 Å². The molecule has 3 N–H and O–H groups in total. The highest BCUT2D eigenvalue weighted by Gasteiger charge is 2.10. The molecule has 4 heteroatoms. The Labute approximate surface area is 78.9 Å². The van der Waals surface area contributed by atoms with Crippen molar-refractivity contribution in [2.75, 3.05) is 0 Å². The number of hydrogen-bond acceptors (Lipinski definition) is 3. The van der Waals surface area contributed by atoms with E-state index in [1.807, 2.05) is 6.92 Å². The normalized spacial score (nSPS) is 15.7. The lowest BCUT2D eigenvalue weighted by atomic mass is 10.1. The highest BCUT2D eigenvalue weighted by atomic mass is 15.2. The minimum absolute atomic E-state index is 0.137. The van der Waals surface area contributed by atoms with E-state index in [0.29, 0.717) is 5.92 Å². The molecular formula is C9H18N4. The highest BCUT2D eigenvalue weighted by molar-refractivity contribution is 4.97. The lowest BCUT2D eigenvalue weighted by Gasteiger charge is -2.01. The van der Waals surface area contributed by atoms with E-state index in [2.05, 4.69) is 29.0 Å². The summed E-state index contributed by atoms with van der Waals surface area (Å²) >= 11 is 0. The summed E-state index contributed by atoms with van der Waals surface area (Å²) in [6, 6.07) is 0.137. The fraction of sp³-hybridized carbons (Fsp3) is 0.778. The molecule has 1 rings (SSSR count). The SMILES string of the molecule is CCC(C)c1n[nH]c(CC(C)N)n1. The Balaban J connectivity index is 2.63. The van der Waals surface area contributed by atoms with Gasteiger partial charge in [0.05, 0.1) is 0 Å². The van der Waals surface area contributed by atoms with Crippen LogP contribution in [0, 0.1) is 0 Å². The number of rotatable bonds is 4. The van der Waals surface area contributed by atoms with Gasteiger partial charge in [0.15, 0.2) is 5.82 Å². The zero-order valence-corrected chi connectivity index (χ0v) is 8.54. The minimum atomic E-state index is 0.137. The van der Waals surface area contributed by atoms with E-state index < -0.39 is 0 Å². The maximum absolute atomic E-state index is 5.65. The maximum atomic E-state index is 5.65. The van der Waals surface area contributed by atoms with Crippen molar-refractivity contribution in [1.29, 1.82) is 0 Å². The van der Waals surface area contributed by atoms with Crippen molar-refractivity contribution in [1.82, 2.24) is 15.2 Å². The molecule has 0 saturated heterocycles. The zero-order valence-electron chi connectivity index (χ0n) is 8.54. The first-order valence-electron chi connectivity index (χ1n) is 4.80. The standard InChI is InChI=1S/C9H18N4/c1-4-6(2)9-11-8(12-13-9)5-7(3)10/h6-7H,4-5,10H2,1-3H3,(H,11,12,13). The fourth-order valence-electron chi connectivity index (χ4n) is 1.11. The number of nitrogens with zero attached hydrogens (tertiary/aromatic N) is 2. The molecule has 0 radical (unpaired) electrons. The van der Waals surface area contributed by atoms with E-state index >= 15 is 0 Å². The van der Waals surface area contributed by atoms with Crippen LogP contribution in [0.1, 0.15) is 44.8 Å². The molecule has 0 fully saturated rings. The molecule has 13 heavy (non-hydrogen) atoms. The Hall–Kier alpha value is -0.900. The predicted molar refractivity (Wildman–Crippen MR) is 52.4 cm³/mol. The van der Waals surface area contributed by atoms with Gasteiger partial charge in [-0.25, -0.2) is 4.98 Å². The third-order valence-electron chi connectivity index (χ3n) is 2.12. The van der Waals surface area contributed by atoms with Gasteiger partial charge in [0.25, 0.3) is 0 Å². The van der Waals surface area contributed by atoms with Gasteiger partial charge in [0.1, 0.15) is 5.82 Å². The van der Waals surface area contributed by atoms with Gasteiger partial charge in [-0.05, 0) is 13.3 Å². The molecule has 0 saturated carbocycles. The molecule has 2 atom stereocenters. The summed E-state index contributed by atoms with van der Waals surface area (Å²) in [5.41, 5.74) is 5.65. The van der Waals surface area contributed by atoms with Crippen LogP contribution in [0.15, 0.2) is 0 Å². The number of aromatic amines is 1. The van der Waals surface area contributed by atoms with Crippen LogP contribution in [0.3, 0.4) is 0 Å². The topological polar surface area (TPSA) is 67.6 Å². The molecule has 0 amide bonds. The highest BCUT2D eigenvalue weighted by Crippen LogP contribution is 2.13. The zero-order chi connectivity index (χ0) is 9.84. The van der Waals surface area contributed by atoms with Crippen LogP contribution in [0.2, 0.25) is 0 Å². The molecule has 1 heterocycles. The number of nitrogens with one attached hydrogen (secondary N) is 1. The number of hydrogen-bond donors (Lipinski definition) is 2. The molecule has 0 bridgehead atoms. The molecule has 0 spiro atoms. The van der Waals surface area contributed by atoms with E-state index in [-0.39, 0.29) is 6.04 Å². The molecular weight excluding hydrogens is 164 g/mol. The summed E-state index contributed by atoms with van der Waals surface area (Å²) in [4.78, 5) is 4.37. The molecule has 1 aromatic rings. The number of H-pyrrole nitrogens is 1. The second-order valence-electron chi connectivity index (χ2n) is 3.63. The predicted octanol–water partition coefficient (Wildman–Crippen LogP) is 1.21. The molecule has 0 aromatic carbocycles. The lowest BCUT2D eigenvalue weighted by molar-refractivity contribution is 0.678. The van der Waals surface area contributed by atoms with Crippen molar-refractivity contribution in [3.63, 3.8) is 0 Å². The van der Waals surface area contributed by atoms with E-state index in [1.54, 1.807) is 0 Å². The summed E-state index contributed by atoms with van der Waals surface area (Å²) in [7, 11) is 0. The van der Waals surface area contributed by atoms with Crippen molar-refractivity contribution < 1.29 is 0 Å². The first-order chi connectivity index (χ1) is 6.13. The Morgan fingerprint density at radius 3 is 2.69 bits per heavy atom. The largest absolute Gasteiger partial charge is 0.328 e. The van der Waals surface area contributed by atoms with E-state index in [1.165, 1.54) is 0 Å². The molecule has 4 nitrogen and oxygen atoms in total. The molecule has 0 aliphatic rings. The Morgan fingerprint density at radius 1 is 1.46 bits per heavy atom. The first kappa shape index (κ1) is 10.2. The van der Waals surface area contributed by atoms with Crippen molar-refractivity contribution >= 4 is 0 Å². The summed E-state index contributed by atoms with van der Waals surface area (Å²) in [6.07, 6.45) is 1.83. The van der Waals surface area contributed by atoms with Gasteiger partial charge in [0, 0.05) is 18.4 Å². The van der Waals surface area contributed by atoms with Gasteiger partial charge >= 0.3 is 0 Å². The summed E-state index contributed by atoms with van der Waals surface area (Å²) in [6.45, 7) is 6.22. The van der Waals surface area contributed by atoms with Crippen molar-refractivity contribution in [2.45, 2.75) is 45.6 Å². The monoisotopic (exact) mass is 182 g/mol. The van der Waals surface area contributed by atoms with Gasteiger partial charge < -0.3 is 5.73 Å². The third kappa shape index (κ3) is 2.81. The number of aromatic nitrogens is 3. The van der Waals surface area contributed by atoms with Crippen LogP contribution in [0.25, 0.3) is 0 Å². The quantitative estimate of drug-likeness (QED) is 0.735. The molecule has 74 valence electrons. The minimum Gasteiger partial charge on any atom is -0.328 e. The van der Waals surface area contributed by atoms with Crippen LogP contribution in [0.5, 0.6) is 0 Å². The second kappa shape index (κ2) is 4.37. The third-order valence-corrected chi connectivity index (χ3v) is 2.12. The molecule has 2 unspecified atom stereocenters. The Morgan fingerprint density at radius 2 is 2.15 bits per heavy atom. The molecule has 0 aliphatic carbocycles. The maximum Gasteiger partial charge on any atom is 0.153 e. The number of nitrogens with two attached hydrogens (primary N) is 1. The summed E-state index contributed by atoms with van der Waals surface area (Å²) < 4.78 is 0. The summed E-state index contributed by atoms with van der Waals surface area (Å²) in [5, 5.41) is 7.06.